The smallest absolute Gasteiger partial charge is 0.340 e. The maximum absolute atomic E-state index is 13.3. The van der Waals surface area contributed by atoms with Gasteiger partial charge in [-0.1, -0.05) is 24.3 Å². The summed E-state index contributed by atoms with van der Waals surface area (Å²) in [6.45, 7) is 6.18. The van der Waals surface area contributed by atoms with Gasteiger partial charge in [-0.15, -0.1) is 0 Å². The average Bonchev–Trinajstić information content (AvgIpc) is 2.86. The first-order valence-corrected chi connectivity index (χ1v) is 8.46. The molecule has 0 amide bonds. The fourth-order valence-corrected chi connectivity index (χ4v) is 3.10. The number of esters is 1. The number of methoxy groups -OCH3 is 1. The van der Waals surface area contributed by atoms with E-state index in [-0.39, 0.29) is 18.8 Å². The number of carbonyl (C=O) groups excluding carboxylic acids is 2. The number of anilines is 1. The molecule has 5 heteroatoms. The Morgan fingerprint density at radius 3 is 2.56 bits per heavy atom. The van der Waals surface area contributed by atoms with Crippen molar-refractivity contribution in [2.45, 2.75) is 32.7 Å². The van der Waals surface area contributed by atoms with Crippen LogP contribution in [0.5, 0.6) is 5.75 Å². The van der Waals surface area contributed by atoms with Crippen LogP contribution < -0.4 is 9.64 Å². The molecule has 25 heavy (non-hydrogen) atoms. The summed E-state index contributed by atoms with van der Waals surface area (Å²) in [7, 11) is 1.55. The van der Waals surface area contributed by atoms with Gasteiger partial charge in [-0.25, -0.2) is 4.79 Å². The number of Topliss-reactive ketones (excluding diaryl/α,β-unsaturated/α-hetero) is 1. The van der Waals surface area contributed by atoms with Crippen molar-refractivity contribution in [3.63, 3.8) is 0 Å². The average molecular weight is 343 g/mol. The highest BCUT2D eigenvalue weighted by Crippen LogP contribution is 2.43. The first-order valence-electron chi connectivity index (χ1n) is 8.46. The summed E-state index contributed by atoms with van der Waals surface area (Å²) in [5, 5.41) is 0. The van der Waals surface area contributed by atoms with E-state index in [1.165, 1.54) is 0 Å². The number of rotatable bonds is 7. The predicted octanol–water partition coefficient (Wildman–Crippen LogP) is 3.54. The lowest BCUT2D eigenvalue weighted by molar-refractivity contribution is -0.147. The minimum absolute atomic E-state index is 0.223. The third-order valence-corrected chi connectivity index (χ3v) is 4.36. The Morgan fingerprint density at radius 2 is 1.96 bits per heavy atom. The molecule has 1 aromatic carbocycles. The maximum Gasteiger partial charge on any atom is 0.340 e. The van der Waals surface area contributed by atoms with Crippen LogP contribution in [0.15, 0.2) is 42.5 Å². The minimum Gasteiger partial charge on any atom is -0.497 e. The van der Waals surface area contributed by atoms with Crippen LogP contribution in [0.1, 0.15) is 37.6 Å². The molecule has 1 unspecified atom stereocenters. The Balaban J connectivity index is 2.65. The maximum atomic E-state index is 13.3. The number of nitrogens with zero attached hydrogens (tertiary/aromatic N) is 1. The van der Waals surface area contributed by atoms with E-state index in [1.54, 1.807) is 26.2 Å². The SMILES string of the molecule is C/C=C/CN1c2ccc(OC)cc2C(=O)C1(C/C=C/C)C(=O)OCC. The molecule has 1 aliphatic heterocycles. The minimum atomic E-state index is -1.38. The van der Waals surface area contributed by atoms with Crippen LogP contribution >= 0.6 is 0 Å². The summed E-state index contributed by atoms with van der Waals surface area (Å²) in [6.07, 6.45) is 7.76. The number of carbonyl (C=O) groups is 2. The van der Waals surface area contributed by atoms with Gasteiger partial charge >= 0.3 is 5.97 Å². The van der Waals surface area contributed by atoms with Crippen LogP contribution in [0.25, 0.3) is 0 Å². The zero-order valence-electron chi connectivity index (χ0n) is 15.2. The Hall–Kier alpha value is -2.56. The molecular weight excluding hydrogens is 318 g/mol. The highest BCUT2D eigenvalue weighted by molar-refractivity contribution is 6.25. The molecule has 0 bridgehead atoms. The number of hydrogen-bond donors (Lipinski definition) is 0. The molecular formula is C20H25NO4. The molecule has 1 heterocycles. The van der Waals surface area contributed by atoms with Gasteiger partial charge in [-0.2, -0.15) is 0 Å². The number of fused-ring (bicyclic) bond motifs is 1. The lowest BCUT2D eigenvalue weighted by atomic mass is 9.88. The van der Waals surface area contributed by atoms with Crippen molar-refractivity contribution in [1.82, 2.24) is 0 Å². The second-order valence-electron chi connectivity index (χ2n) is 5.75. The van der Waals surface area contributed by atoms with Gasteiger partial charge in [0.15, 0.2) is 0 Å². The van der Waals surface area contributed by atoms with Gasteiger partial charge < -0.3 is 14.4 Å². The molecule has 5 nitrogen and oxygen atoms in total. The quantitative estimate of drug-likeness (QED) is 0.430. The summed E-state index contributed by atoms with van der Waals surface area (Å²) >= 11 is 0. The first-order chi connectivity index (χ1) is 12.1. The van der Waals surface area contributed by atoms with Crippen molar-refractivity contribution in [3.8, 4) is 5.75 Å². The fraction of sp³-hybridized carbons (Fsp3) is 0.400. The summed E-state index contributed by atoms with van der Waals surface area (Å²) in [5.41, 5.74) is -0.167. The van der Waals surface area contributed by atoms with E-state index >= 15 is 0 Å². The number of benzene rings is 1. The van der Waals surface area contributed by atoms with Crippen LogP contribution in [0.4, 0.5) is 5.69 Å². The second kappa shape index (κ2) is 8.01. The lowest BCUT2D eigenvalue weighted by Gasteiger charge is -2.35. The van der Waals surface area contributed by atoms with E-state index in [0.717, 1.165) is 5.69 Å². The number of ketones is 1. The molecule has 0 N–H and O–H groups in total. The highest BCUT2D eigenvalue weighted by atomic mass is 16.5. The van der Waals surface area contributed by atoms with Crippen LogP contribution in [-0.4, -0.2) is 37.6 Å². The van der Waals surface area contributed by atoms with Crippen molar-refractivity contribution in [1.29, 1.82) is 0 Å². The van der Waals surface area contributed by atoms with Crippen LogP contribution in [-0.2, 0) is 9.53 Å². The molecule has 0 aromatic heterocycles. The van der Waals surface area contributed by atoms with Gasteiger partial charge in [0.25, 0.3) is 0 Å². The normalized spacial score (nSPS) is 19.7. The van der Waals surface area contributed by atoms with Gasteiger partial charge in [-0.3, -0.25) is 4.79 Å². The summed E-state index contributed by atoms with van der Waals surface area (Å²) in [6, 6.07) is 5.31. The third-order valence-electron chi connectivity index (χ3n) is 4.36. The monoisotopic (exact) mass is 343 g/mol. The number of allylic oxidation sites excluding steroid dienone is 2. The Kier molecular flexibility index (Phi) is 6.02. The molecule has 134 valence electrons. The first kappa shape index (κ1) is 18.8. The van der Waals surface area contributed by atoms with Crippen LogP contribution in [0, 0.1) is 0 Å². The molecule has 0 aliphatic carbocycles. The van der Waals surface area contributed by atoms with Gasteiger partial charge in [0.05, 0.1) is 13.7 Å². The zero-order chi connectivity index (χ0) is 18.4. The van der Waals surface area contributed by atoms with E-state index in [9.17, 15) is 9.59 Å². The van der Waals surface area contributed by atoms with Gasteiger partial charge in [0, 0.05) is 24.2 Å². The molecule has 1 aliphatic rings. The molecule has 0 saturated carbocycles. The molecule has 1 atom stereocenters. The molecule has 0 spiro atoms. The highest BCUT2D eigenvalue weighted by Gasteiger charge is 2.57. The molecule has 2 rings (SSSR count). The van der Waals surface area contributed by atoms with Crippen molar-refractivity contribution in [2.24, 2.45) is 0 Å². The second-order valence-corrected chi connectivity index (χ2v) is 5.75. The van der Waals surface area contributed by atoms with Crippen molar-refractivity contribution in [3.05, 3.63) is 48.1 Å². The predicted molar refractivity (Wildman–Crippen MR) is 98.3 cm³/mol. The van der Waals surface area contributed by atoms with E-state index in [1.807, 2.05) is 49.1 Å². The number of hydrogen-bond acceptors (Lipinski definition) is 5. The Labute approximate surface area is 148 Å². The topological polar surface area (TPSA) is 55.8 Å². The number of ether oxygens (including phenoxy) is 2. The van der Waals surface area contributed by atoms with Crippen LogP contribution in [0.3, 0.4) is 0 Å². The third kappa shape index (κ3) is 3.18. The Bertz CT molecular complexity index is 708. The summed E-state index contributed by atoms with van der Waals surface area (Å²) < 4.78 is 10.6. The lowest BCUT2D eigenvalue weighted by Crippen LogP contribution is -2.57. The van der Waals surface area contributed by atoms with Gasteiger partial charge in [-0.05, 0) is 39.0 Å². The molecule has 0 fully saturated rings. The van der Waals surface area contributed by atoms with E-state index < -0.39 is 11.5 Å². The molecule has 0 radical (unpaired) electrons. The zero-order valence-corrected chi connectivity index (χ0v) is 15.2. The van der Waals surface area contributed by atoms with E-state index in [2.05, 4.69) is 0 Å². The van der Waals surface area contributed by atoms with Crippen molar-refractivity contribution < 1.29 is 19.1 Å². The molecule has 0 saturated heterocycles. The van der Waals surface area contributed by atoms with Crippen LogP contribution in [0.2, 0.25) is 0 Å². The van der Waals surface area contributed by atoms with Crippen molar-refractivity contribution >= 4 is 17.4 Å². The van der Waals surface area contributed by atoms with E-state index in [0.29, 0.717) is 17.9 Å². The standard InChI is InChI=1S/C20H25NO4/c1-5-8-12-20(19(23)25-7-3)18(22)16-14-15(24-4)10-11-17(16)21(20)13-9-6-2/h5-6,8-11,14H,7,12-13H2,1-4H3/b8-5+,9-6+. The van der Waals surface area contributed by atoms with Crippen molar-refractivity contribution in [2.75, 3.05) is 25.2 Å². The summed E-state index contributed by atoms with van der Waals surface area (Å²) in [4.78, 5) is 28.1. The molecule has 1 aromatic rings. The Morgan fingerprint density at radius 1 is 1.24 bits per heavy atom. The largest absolute Gasteiger partial charge is 0.497 e. The summed E-state index contributed by atoms with van der Waals surface area (Å²) in [5.74, 6) is -0.177. The van der Waals surface area contributed by atoms with Gasteiger partial charge in [0.2, 0.25) is 11.3 Å². The van der Waals surface area contributed by atoms with Gasteiger partial charge in [0.1, 0.15) is 5.75 Å². The van der Waals surface area contributed by atoms with E-state index in [4.69, 9.17) is 9.47 Å². The fourth-order valence-electron chi connectivity index (χ4n) is 3.10.